The number of rotatable bonds is 6. The number of hydrogen-bond donors (Lipinski definition) is 1. The quantitative estimate of drug-likeness (QED) is 0.789. The second-order valence-electron chi connectivity index (χ2n) is 6.51. The van der Waals surface area contributed by atoms with Gasteiger partial charge in [-0.25, -0.2) is 0 Å². The highest BCUT2D eigenvalue weighted by Crippen LogP contribution is 2.23. The van der Waals surface area contributed by atoms with Gasteiger partial charge in [-0.15, -0.1) is 13.2 Å². The van der Waals surface area contributed by atoms with E-state index in [9.17, 15) is 22.8 Å². The number of hydrogen-bond acceptors (Lipinski definition) is 5. The van der Waals surface area contributed by atoms with Gasteiger partial charge in [0.2, 0.25) is 5.91 Å². The van der Waals surface area contributed by atoms with E-state index in [0.29, 0.717) is 32.7 Å². The van der Waals surface area contributed by atoms with Crippen molar-refractivity contribution in [3.63, 3.8) is 0 Å². The van der Waals surface area contributed by atoms with E-state index in [2.05, 4.69) is 15.0 Å². The minimum Gasteiger partial charge on any atom is -0.459 e. The van der Waals surface area contributed by atoms with Crippen LogP contribution in [0.15, 0.2) is 47.1 Å². The number of amides is 2. The molecule has 2 heterocycles. The molecule has 2 amide bonds. The molecule has 1 aromatic heterocycles. The van der Waals surface area contributed by atoms with E-state index in [0.717, 1.165) is 5.56 Å². The van der Waals surface area contributed by atoms with Crippen LogP contribution in [0.3, 0.4) is 0 Å². The van der Waals surface area contributed by atoms with Gasteiger partial charge >= 0.3 is 6.36 Å². The minimum absolute atomic E-state index is 0.111. The molecule has 0 radical (unpaired) electrons. The Bertz CT molecular complexity index is 814. The second kappa shape index (κ2) is 8.99. The summed E-state index contributed by atoms with van der Waals surface area (Å²) in [6, 6.07) is 8.84. The van der Waals surface area contributed by atoms with Crippen molar-refractivity contribution in [1.82, 2.24) is 15.1 Å². The van der Waals surface area contributed by atoms with Gasteiger partial charge in [0.25, 0.3) is 5.91 Å². The van der Waals surface area contributed by atoms with Crippen LogP contribution in [0.1, 0.15) is 16.1 Å². The van der Waals surface area contributed by atoms with Gasteiger partial charge in [-0.1, -0.05) is 12.1 Å². The minimum atomic E-state index is -4.71. The maximum absolute atomic E-state index is 12.2. The van der Waals surface area contributed by atoms with E-state index in [1.165, 1.54) is 24.5 Å². The van der Waals surface area contributed by atoms with Gasteiger partial charge in [-0.2, -0.15) is 0 Å². The number of furan rings is 1. The van der Waals surface area contributed by atoms with Crippen LogP contribution in [0.4, 0.5) is 13.2 Å². The van der Waals surface area contributed by atoms with Crippen molar-refractivity contribution in [3.8, 4) is 5.75 Å². The topological polar surface area (TPSA) is 75.0 Å². The van der Waals surface area contributed by atoms with Crippen LogP contribution in [0.25, 0.3) is 0 Å². The first kappa shape index (κ1) is 20.7. The lowest BCUT2D eigenvalue weighted by Gasteiger charge is -2.34. The molecule has 2 aromatic rings. The number of nitrogens with one attached hydrogen (secondary N) is 1. The lowest BCUT2D eigenvalue weighted by Crippen LogP contribution is -2.50. The normalized spacial score (nSPS) is 15.2. The van der Waals surface area contributed by atoms with Crippen LogP contribution in [-0.4, -0.2) is 60.7 Å². The van der Waals surface area contributed by atoms with Crippen LogP contribution in [0.5, 0.6) is 5.75 Å². The molecule has 1 N–H and O–H groups in total. The van der Waals surface area contributed by atoms with E-state index in [4.69, 9.17) is 4.42 Å². The highest BCUT2D eigenvalue weighted by Gasteiger charge is 2.31. The predicted molar refractivity (Wildman–Crippen MR) is 96.0 cm³/mol. The fourth-order valence-corrected chi connectivity index (χ4v) is 2.97. The van der Waals surface area contributed by atoms with Crippen molar-refractivity contribution in [2.75, 3.05) is 32.7 Å². The monoisotopic (exact) mass is 411 g/mol. The maximum atomic E-state index is 12.2. The highest BCUT2D eigenvalue weighted by molar-refractivity contribution is 5.94. The molecule has 0 spiro atoms. The molecule has 29 heavy (non-hydrogen) atoms. The summed E-state index contributed by atoms with van der Waals surface area (Å²) in [4.78, 5) is 27.8. The number of carbonyl (C=O) groups is 2. The SMILES string of the molecule is O=C(NCC(=O)N1CCN(Cc2ccc(OC(F)(F)F)cc2)CC1)c1ccco1. The van der Waals surface area contributed by atoms with Gasteiger partial charge in [-0.3, -0.25) is 14.5 Å². The predicted octanol–water partition coefficient (Wildman–Crippen LogP) is 2.25. The smallest absolute Gasteiger partial charge is 0.459 e. The molecule has 156 valence electrons. The van der Waals surface area contributed by atoms with Crippen LogP contribution in [0.2, 0.25) is 0 Å². The Balaban J connectivity index is 1.40. The van der Waals surface area contributed by atoms with Gasteiger partial charge < -0.3 is 19.4 Å². The first-order chi connectivity index (χ1) is 13.8. The largest absolute Gasteiger partial charge is 0.573 e. The zero-order chi connectivity index (χ0) is 20.9. The molecule has 0 unspecified atom stereocenters. The summed E-state index contributed by atoms with van der Waals surface area (Å²) in [5.41, 5.74) is 0.852. The zero-order valence-electron chi connectivity index (χ0n) is 15.4. The van der Waals surface area contributed by atoms with E-state index in [-0.39, 0.29) is 24.0 Å². The molecule has 1 aromatic carbocycles. The molecule has 7 nitrogen and oxygen atoms in total. The van der Waals surface area contributed by atoms with Gasteiger partial charge in [0.15, 0.2) is 5.76 Å². The van der Waals surface area contributed by atoms with Crippen LogP contribution < -0.4 is 10.1 Å². The first-order valence-electron chi connectivity index (χ1n) is 8.97. The fourth-order valence-electron chi connectivity index (χ4n) is 2.97. The summed E-state index contributed by atoms with van der Waals surface area (Å²) in [7, 11) is 0. The molecule has 1 saturated heterocycles. The van der Waals surface area contributed by atoms with E-state index in [1.807, 2.05) is 0 Å². The maximum Gasteiger partial charge on any atom is 0.573 e. The lowest BCUT2D eigenvalue weighted by atomic mass is 10.2. The van der Waals surface area contributed by atoms with Crippen molar-refractivity contribution in [1.29, 1.82) is 0 Å². The van der Waals surface area contributed by atoms with E-state index in [1.54, 1.807) is 23.1 Å². The van der Waals surface area contributed by atoms with Crippen LogP contribution in [-0.2, 0) is 11.3 Å². The molecule has 1 fully saturated rings. The molecule has 0 atom stereocenters. The van der Waals surface area contributed by atoms with Gasteiger partial charge in [0, 0.05) is 32.7 Å². The van der Waals surface area contributed by atoms with Crippen molar-refractivity contribution in [3.05, 3.63) is 54.0 Å². The average molecular weight is 411 g/mol. The molecular formula is C19H20F3N3O4. The molecule has 3 rings (SSSR count). The molecule has 0 aliphatic carbocycles. The van der Waals surface area contributed by atoms with Gasteiger partial charge in [0.05, 0.1) is 12.8 Å². The summed E-state index contributed by atoms with van der Waals surface area (Å²) in [6.45, 7) is 2.70. The van der Waals surface area contributed by atoms with Crippen molar-refractivity contribution >= 4 is 11.8 Å². The van der Waals surface area contributed by atoms with E-state index >= 15 is 0 Å². The Labute approximate surface area is 165 Å². The molecule has 0 bridgehead atoms. The van der Waals surface area contributed by atoms with Crippen LogP contribution in [0, 0.1) is 0 Å². The Kier molecular flexibility index (Phi) is 6.42. The van der Waals surface area contributed by atoms with Gasteiger partial charge in [0.1, 0.15) is 5.75 Å². The molecule has 1 aliphatic rings. The number of benzene rings is 1. The second-order valence-corrected chi connectivity index (χ2v) is 6.51. The number of ether oxygens (including phenoxy) is 1. The van der Waals surface area contributed by atoms with Gasteiger partial charge in [-0.05, 0) is 29.8 Å². The van der Waals surface area contributed by atoms with Crippen molar-refractivity contribution < 1.29 is 31.9 Å². The first-order valence-corrected chi connectivity index (χ1v) is 8.97. The van der Waals surface area contributed by atoms with Crippen molar-refractivity contribution in [2.24, 2.45) is 0 Å². The molecule has 1 aliphatic heterocycles. The lowest BCUT2D eigenvalue weighted by molar-refractivity contribution is -0.274. The number of alkyl halides is 3. The summed E-state index contributed by atoms with van der Waals surface area (Å²) in [5, 5.41) is 2.53. The number of nitrogens with zero attached hydrogens (tertiary/aromatic N) is 2. The number of piperazine rings is 1. The third-order valence-electron chi connectivity index (χ3n) is 4.43. The van der Waals surface area contributed by atoms with Crippen molar-refractivity contribution in [2.45, 2.75) is 12.9 Å². The van der Waals surface area contributed by atoms with Crippen LogP contribution >= 0.6 is 0 Å². The summed E-state index contributed by atoms with van der Waals surface area (Å²) in [6.07, 6.45) is -3.32. The molecule has 10 heteroatoms. The zero-order valence-corrected chi connectivity index (χ0v) is 15.4. The fraction of sp³-hybridized carbons (Fsp3) is 0.368. The Morgan fingerprint density at radius 3 is 2.34 bits per heavy atom. The third kappa shape index (κ3) is 6.24. The Hall–Kier alpha value is -3.01. The summed E-state index contributed by atoms with van der Waals surface area (Å²) in [5.74, 6) is -0.735. The third-order valence-corrected chi connectivity index (χ3v) is 4.43. The number of carbonyl (C=O) groups excluding carboxylic acids is 2. The summed E-state index contributed by atoms with van der Waals surface area (Å²) < 4.78 is 45.4. The Morgan fingerprint density at radius 2 is 1.76 bits per heavy atom. The highest BCUT2D eigenvalue weighted by atomic mass is 19.4. The Morgan fingerprint density at radius 1 is 1.07 bits per heavy atom. The average Bonchev–Trinajstić information content (AvgIpc) is 3.22. The summed E-state index contributed by atoms with van der Waals surface area (Å²) >= 11 is 0. The standard InChI is InChI=1S/C19H20F3N3O4/c20-19(21,22)29-15-5-3-14(4-6-15)13-24-7-9-25(10-8-24)17(26)12-23-18(27)16-2-1-11-28-16/h1-6,11H,7-10,12-13H2,(H,23,27). The molecular weight excluding hydrogens is 391 g/mol. The molecule has 0 saturated carbocycles. The van der Waals surface area contributed by atoms with E-state index < -0.39 is 12.3 Å². The number of halogens is 3.